The van der Waals surface area contributed by atoms with Crippen LogP contribution in [-0.4, -0.2) is 102 Å². The van der Waals surface area contributed by atoms with Crippen molar-refractivity contribution in [3.63, 3.8) is 0 Å². The number of amides is 2. The summed E-state index contributed by atoms with van der Waals surface area (Å²) in [7, 11) is 1.32. The van der Waals surface area contributed by atoms with E-state index in [0.29, 0.717) is 42.0 Å². The van der Waals surface area contributed by atoms with Gasteiger partial charge in [-0.3, -0.25) is 28.8 Å². The average Bonchev–Trinajstić information content (AvgIpc) is 3.82. The van der Waals surface area contributed by atoms with Gasteiger partial charge in [0.2, 0.25) is 0 Å². The maximum atomic E-state index is 13.7. The second kappa shape index (κ2) is 24.2. The molecule has 2 amide bonds. The van der Waals surface area contributed by atoms with Gasteiger partial charge in [0.25, 0.3) is 25.9 Å². The van der Waals surface area contributed by atoms with Crippen LogP contribution in [0.3, 0.4) is 0 Å². The molecule has 2 aliphatic rings. The van der Waals surface area contributed by atoms with E-state index in [4.69, 9.17) is 32.7 Å². The third-order valence-electron chi connectivity index (χ3n) is 12.4. The Morgan fingerprint density at radius 2 is 1.30 bits per heavy atom. The molecule has 1 fully saturated rings. The number of benzene rings is 4. The molecule has 1 saturated heterocycles. The van der Waals surface area contributed by atoms with Crippen LogP contribution in [0.4, 0.5) is 0 Å². The van der Waals surface area contributed by atoms with Crippen LogP contribution in [-0.2, 0) is 28.9 Å². The van der Waals surface area contributed by atoms with Crippen LogP contribution >= 0.6 is 8.53 Å². The van der Waals surface area contributed by atoms with E-state index in [2.05, 4.69) is 15.7 Å². The smallest absolute Gasteiger partial charge is 0.330 e. The van der Waals surface area contributed by atoms with E-state index >= 15 is 0 Å². The summed E-state index contributed by atoms with van der Waals surface area (Å²) in [6.07, 6.45) is 0.243. The van der Waals surface area contributed by atoms with E-state index in [0.717, 1.165) is 29.5 Å². The number of hydrogen-bond donors (Lipinski definition) is 1. The number of nitrogens with one attached hydrogen (secondary N) is 1. The zero-order valence-electron chi connectivity index (χ0n) is 40.5. The quantitative estimate of drug-likeness (QED) is 0.0255. The number of aromatic amines is 1. The number of ether oxygens (including phenoxy) is 5. The largest absolute Gasteiger partial charge is 0.497 e. The number of hydrogen-bond acceptors (Lipinski definition) is 13. The number of imide groups is 1. The minimum absolute atomic E-state index is 0.0518. The van der Waals surface area contributed by atoms with Gasteiger partial charge >= 0.3 is 5.69 Å². The molecule has 0 radical (unpaired) electrons. The first-order valence-electron chi connectivity index (χ1n) is 23.7. The number of nitrogens with zero attached hydrogens (tertiary/aromatic N) is 4. The van der Waals surface area contributed by atoms with Gasteiger partial charge in [-0.05, 0) is 93.6 Å². The van der Waals surface area contributed by atoms with Crippen molar-refractivity contribution in [1.29, 1.82) is 5.26 Å². The maximum Gasteiger partial charge on any atom is 0.330 e. The zero-order valence-corrected chi connectivity index (χ0v) is 41.4. The van der Waals surface area contributed by atoms with Gasteiger partial charge in [0.1, 0.15) is 35.4 Å². The number of nitriles is 1. The topological polar surface area (TPSA) is 184 Å². The molecule has 1 aromatic heterocycles. The van der Waals surface area contributed by atoms with Gasteiger partial charge < -0.3 is 32.7 Å². The molecule has 17 heteroatoms. The van der Waals surface area contributed by atoms with Crippen molar-refractivity contribution in [3.05, 3.63) is 164 Å². The molecule has 70 heavy (non-hydrogen) atoms. The van der Waals surface area contributed by atoms with Crippen molar-refractivity contribution >= 4 is 20.3 Å². The molecule has 5 aromatic rings. The summed E-state index contributed by atoms with van der Waals surface area (Å²) in [6, 6.07) is 35.3. The lowest BCUT2D eigenvalue weighted by Crippen LogP contribution is -2.43. The molecule has 1 N–H and O–H groups in total. The first kappa shape index (κ1) is 51.8. The van der Waals surface area contributed by atoms with Crippen LogP contribution in [0.25, 0.3) is 0 Å². The number of carbonyl (C=O) groups is 2. The Balaban J connectivity index is 1.23. The lowest BCUT2D eigenvalue weighted by molar-refractivity contribution is -0.104. The van der Waals surface area contributed by atoms with Gasteiger partial charge in [-0.1, -0.05) is 79.6 Å². The standard InChI is InChI=1S/C53H62N5O11P/c1-36(2)58(37(3)4)70(67-34-16-30-54)69-48-47(65-33-15-8-7-14-31-56-49(60)43-19-12-13-20-44(43)50(56)61)45(68-51(48)57-32-29-46(59)55-52(57)62)35-66-53(38-17-10-9-11-18-38,39-21-25-41(63-5)26-22-39)40-23-27-42(64-6)28-24-40/h9-13,17-29,32,36-37,45,47-48,51H,7-8,14-16,31,33-35H2,1-6H3,(H,55,59,62)/t45-,47-,48-,51-,70?/m1/s1. The van der Waals surface area contributed by atoms with Crippen molar-refractivity contribution in [3.8, 4) is 17.6 Å². The second-order valence-electron chi connectivity index (χ2n) is 17.6. The Morgan fingerprint density at radius 1 is 0.729 bits per heavy atom. The van der Waals surface area contributed by atoms with Crippen LogP contribution in [0.15, 0.2) is 125 Å². The first-order valence-corrected chi connectivity index (χ1v) is 24.8. The van der Waals surface area contributed by atoms with E-state index < -0.39 is 49.9 Å². The molecular weight excluding hydrogens is 914 g/mol. The summed E-state index contributed by atoms with van der Waals surface area (Å²) in [5, 5.41) is 9.51. The Morgan fingerprint density at radius 3 is 1.86 bits per heavy atom. The van der Waals surface area contributed by atoms with Crippen molar-refractivity contribution in [2.45, 2.75) is 102 Å². The van der Waals surface area contributed by atoms with Crippen molar-refractivity contribution < 1.29 is 42.3 Å². The van der Waals surface area contributed by atoms with E-state index in [1.54, 1.807) is 38.5 Å². The number of H-pyrrole nitrogens is 1. The van der Waals surface area contributed by atoms with Gasteiger partial charge in [0.05, 0.1) is 51.1 Å². The van der Waals surface area contributed by atoms with Gasteiger partial charge in [-0.2, -0.15) is 5.26 Å². The molecule has 0 spiro atoms. The van der Waals surface area contributed by atoms with E-state index in [-0.39, 0.29) is 50.1 Å². The third-order valence-corrected chi connectivity index (χ3v) is 14.5. The molecule has 370 valence electrons. The van der Waals surface area contributed by atoms with Crippen molar-refractivity contribution in [2.75, 3.05) is 40.6 Å². The Labute approximate surface area is 410 Å². The van der Waals surface area contributed by atoms with Crippen LogP contribution in [0.2, 0.25) is 0 Å². The Bertz CT molecular complexity index is 2580. The minimum atomic E-state index is -1.90. The number of unbranched alkanes of at least 4 members (excludes halogenated alkanes) is 3. The first-order chi connectivity index (χ1) is 33.9. The van der Waals surface area contributed by atoms with Crippen molar-refractivity contribution in [2.24, 2.45) is 0 Å². The monoisotopic (exact) mass is 975 g/mol. The number of methoxy groups -OCH3 is 2. The predicted molar refractivity (Wildman–Crippen MR) is 264 cm³/mol. The number of aromatic nitrogens is 2. The fourth-order valence-electron chi connectivity index (χ4n) is 9.07. The maximum absolute atomic E-state index is 13.7. The number of rotatable bonds is 25. The highest BCUT2D eigenvalue weighted by Crippen LogP contribution is 2.51. The van der Waals surface area contributed by atoms with Crippen LogP contribution in [0.5, 0.6) is 11.5 Å². The summed E-state index contributed by atoms with van der Waals surface area (Å²) in [5.74, 6) is 0.772. The minimum Gasteiger partial charge on any atom is -0.497 e. The summed E-state index contributed by atoms with van der Waals surface area (Å²) in [6.45, 7) is 8.68. The summed E-state index contributed by atoms with van der Waals surface area (Å²) >= 11 is 0. The molecule has 16 nitrogen and oxygen atoms in total. The molecule has 1 unspecified atom stereocenters. The van der Waals surface area contributed by atoms with Crippen LogP contribution < -0.4 is 20.7 Å². The SMILES string of the molecule is COc1ccc(C(OC[C@H]2O[C@@H](n3ccc(=O)[nH]c3=O)[C@H](OP(OCCC#N)N(C(C)C)C(C)C)[C@@H]2OCCCCCCN2C(=O)c3ccccc3C2=O)(c2ccccc2)c2ccc(OC)cc2)cc1. The van der Waals surface area contributed by atoms with E-state index in [1.807, 2.05) is 107 Å². The Kier molecular flexibility index (Phi) is 17.9. The van der Waals surface area contributed by atoms with Gasteiger partial charge in [0.15, 0.2) is 6.23 Å². The zero-order chi connectivity index (χ0) is 49.8. The van der Waals surface area contributed by atoms with Crippen LogP contribution in [0.1, 0.15) is 103 Å². The Hall–Kier alpha value is -6.02. The molecule has 5 atom stereocenters. The molecule has 0 saturated carbocycles. The summed E-state index contributed by atoms with van der Waals surface area (Å²) in [4.78, 5) is 55.9. The highest BCUT2D eigenvalue weighted by Gasteiger charge is 2.51. The number of fused-ring (bicyclic) bond motifs is 1. The predicted octanol–water partition coefficient (Wildman–Crippen LogP) is 8.36. The highest BCUT2D eigenvalue weighted by atomic mass is 31.2. The van der Waals surface area contributed by atoms with Gasteiger partial charge in [0, 0.05) is 37.5 Å². The van der Waals surface area contributed by atoms with Crippen molar-refractivity contribution in [1.82, 2.24) is 19.1 Å². The van der Waals surface area contributed by atoms with E-state index in [1.165, 1.54) is 21.7 Å². The fraction of sp³-hybridized carbons (Fsp3) is 0.415. The summed E-state index contributed by atoms with van der Waals surface area (Å²) < 4.78 is 49.2. The normalized spacial score (nSPS) is 18.4. The van der Waals surface area contributed by atoms with Gasteiger partial charge in [-0.25, -0.2) is 9.46 Å². The summed E-state index contributed by atoms with van der Waals surface area (Å²) in [5.41, 5.74) is 0.733. The van der Waals surface area contributed by atoms with Crippen LogP contribution in [0, 0.1) is 11.3 Å². The third kappa shape index (κ3) is 11.6. The average molecular weight is 976 g/mol. The van der Waals surface area contributed by atoms with Gasteiger partial charge in [-0.15, -0.1) is 0 Å². The second-order valence-corrected chi connectivity index (χ2v) is 19.0. The highest BCUT2D eigenvalue weighted by molar-refractivity contribution is 7.44. The number of carbonyl (C=O) groups excluding carboxylic acids is 2. The molecular formula is C53H62N5O11P. The lowest BCUT2D eigenvalue weighted by atomic mass is 9.80. The fourth-order valence-corrected chi connectivity index (χ4v) is 10.8. The van der Waals surface area contributed by atoms with E-state index in [9.17, 15) is 24.4 Å². The molecule has 2 aliphatic heterocycles. The molecule has 0 bridgehead atoms. The molecule has 7 rings (SSSR count). The molecule has 4 aromatic carbocycles. The molecule has 3 heterocycles. The molecule has 0 aliphatic carbocycles. The lowest BCUT2D eigenvalue weighted by Gasteiger charge is -2.38.